The number of aliphatic hydroxyl groups excluding tert-OH is 1. The van der Waals surface area contributed by atoms with Gasteiger partial charge < -0.3 is 14.7 Å². The summed E-state index contributed by atoms with van der Waals surface area (Å²) in [6, 6.07) is 0. The number of aliphatic hydroxyl groups is 1. The Morgan fingerprint density at radius 3 is 2.25 bits per heavy atom. The highest BCUT2D eigenvalue weighted by molar-refractivity contribution is 4.60. The van der Waals surface area contributed by atoms with Gasteiger partial charge in [-0.2, -0.15) is 0 Å². The Morgan fingerprint density at radius 1 is 1.25 bits per heavy atom. The van der Waals surface area contributed by atoms with Gasteiger partial charge in [-0.1, -0.05) is 13.8 Å². The van der Waals surface area contributed by atoms with Crippen molar-refractivity contribution in [2.75, 3.05) is 32.8 Å². The molecule has 0 aliphatic carbocycles. The predicted octanol–water partition coefficient (Wildman–Crippen LogP) is 0.726. The summed E-state index contributed by atoms with van der Waals surface area (Å²) in [6.45, 7) is 9.94. The molecule has 0 unspecified atom stereocenters. The molecule has 0 aromatic rings. The Bertz CT molecular complexity index is 94.5. The number of rotatable bonds is 7. The molecule has 0 radical (unpaired) electrons. The first kappa shape index (κ1) is 11.9. The van der Waals surface area contributed by atoms with Crippen LogP contribution in [0.25, 0.3) is 0 Å². The fourth-order valence-corrected chi connectivity index (χ4v) is 1.09. The molecule has 3 heteroatoms. The number of hydrogen-bond acceptors (Lipinski definition) is 3. The minimum absolute atomic E-state index is 0.343. The van der Waals surface area contributed by atoms with Crippen molar-refractivity contribution in [2.45, 2.75) is 26.9 Å². The number of ether oxygens (including phenoxy) is 1. The zero-order chi connectivity index (χ0) is 9.40. The van der Waals surface area contributed by atoms with E-state index in [0.717, 1.165) is 13.1 Å². The van der Waals surface area contributed by atoms with Crippen molar-refractivity contribution in [3.63, 3.8) is 0 Å². The van der Waals surface area contributed by atoms with Crippen molar-refractivity contribution in [3.05, 3.63) is 0 Å². The fourth-order valence-electron chi connectivity index (χ4n) is 1.09. The summed E-state index contributed by atoms with van der Waals surface area (Å²) in [6.07, 6.45) is -0.343. The minimum atomic E-state index is -0.343. The first-order valence-corrected chi connectivity index (χ1v) is 4.72. The molecule has 1 atom stereocenters. The lowest BCUT2D eigenvalue weighted by atomic mass is 10.3. The van der Waals surface area contributed by atoms with Crippen LogP contribution in [0, 0.1) is 0 Å². The van der Waals surface area contributed by atoms with Crippen molar-refractivity contribution < 1.29 is 9.84 Å². The van der Waals surface area contributed by atoms with Gasteiger partial charge in [-0.25, -0.2) is 0 Å². The van der Waals surface area contributed by atoms with Crippen LogP contribution >= 0.6 is 0 Å². The molecule has 0 aromatic carbocycles. The third-order valence-corrected chi connectivity index (χ3v) is 1.88. The summed E-state index contributed by atoms with van der Waals surface area (Å²) in [4.78, 5) is 2.18. The maximum absolute atomic E-state index is 9.45. The normalized spacial score (nSPS) is 13.8. The van der Waals surface area contributed by atoms with Gasteiger partial charge in [0.2, 0.25) is 0 Å². The third kappa shape index (κ3) is 5.52. The molecule has 1 N–H and O–H groups in total. The summed E-state index contributed by atoms with van der Waals surface area (Å²) in [7, 11) is 0. The van der Waals surface area contributed by atoms with Crippen molar-refractivity contribution in [2.24, 2.45) is 0 Å². The summed E-state index contributed by atoms with van der Waals surface area (Å²) in [5.41, 5.74) is 0. The van der Waals surface area contributed by atoms with Gasteiger partial charge in [0.05, 0.1) is 12.7 Å². The van der Waals surface area contributed by atoms with Gasteiger partial charge in [-0.3, -0.25) is 0 Å². The Labute approximate surface area is 75.3 Å². The second kappa shape index (κ2) is 7.53. The van der Waals surface area contributed by atoms with Crippen LogP contribution in [0.4, 0.5) is 0 Å². The van der Waals surface area contributed by atoms with Gasteiger partial charge in [0.15, 0.2) is 0 Å². The van der Waals surface area contributed by atoms with Gasteiger partial charge in [0, 0.05) is 13.2 Å². The van der Waals surface area contributed by atoms with E-state index in [1.54, 1.807) is 0 Å². The lowest BCUT2D eigenvalue weighted by Gasteiger charge is -2.21. The standard InChI is InChI=1S/C9H21NO2/c1-4-10(5-2)7-9(11)8-12-6-3/h9,11H,4-8H2,1-3H3/t9-/m0/s1. The summed E-state index contributed by atoms with van der Waals surface area (Å²) >= 11 is 0. The van der Waals surface area contributed by atoms with Gasteiger partial charge >= 0.3 is 0 Å². The van der Waals surface area contributed by atoms with Gasteiger partial charge in [-0.15, -0.1) is 0 Å². The molecule has 0 aromatic heterocycles. The molecule has 0 heterocycles. The van der Waals surface area contributed by atoms with Crippen molar-refractivity contribution in [3.8, 4) is 0 Å². The van der Waals surface area contributed by atoms with E-state index in [-0.39, 0.29) is 6.10 Å². The minimum Gasteiger partial charge on any atom is -0.389 e. The van der Waals surface area contributed by atoms with Gasteiger partial charge in [-0.05, 0) is 20.0 Å². The van der Waals surface area contributed by atoms with Crippen LogP contribution in [-0.2, 0) is 4.74 Å². The molecule has 74 valence electrons. The van der Waals surface area contributed by atoms with E-state index >= 15 is 0 Å². The van der Waals surface area contributed by atoms with Crippen LogP contribution in [0.15, 0.2) is 0 Å². The Balaban J connectivity index is 3.44. The van der Waals surface area contributed by atoms with Crippen LogP contribution in [0.3, 0.4) is 0 Å². The average Bonchev–Trinajstić information content (AvgIpc) is 2.10. The zero-order valence-electron chi connectivity index (χ0n) is 8.42. The second-order valence-electron chi connectivity index (χ2n) is 2.80. The molecule has 0 saturated heterocycles. The fraction of sp³-hybridized carbons (Fsp3) is 1.00. The van der Waals surface area contributed by atoms with Crippen LogP contribution in [-0.4, -0.2) is 49.0 Å². The van der Waals surface area contributed by atoms with E-state index in [1.807, 2.05) is 6.92 Å². The molecule has 3 nitrogen and oxygen atoms in total. The van der Waals surface area contributed by atoms with E-state index in [1.165, 1.54) is 0 Å². The van der Waals surface area contributed by atoms with Crippen LogP contribution in [0.1, 0.15) is 20.8 Å². The highest BCUT2D eigenvalue weighted by Crippen LogP contribution is 1.92. The quantitative estimate of drug-likeness (QED) is 0.619. The molecule has 0 fully saturated rings. The number of hydrogen-bond donors (Lipinski definition) is 1. The lowest BCUT2D eigenvalue weighted by molar-refractivity contribution is 0.0229. The SMILES string of the molecule is CCOC[C@@H](O)CN(CC)CC. The molecule has 0 aliphatic heterocycles. The first-order chi connectivity index (χ1) is 5.74. The Morgan fingerprint density at radius 2 is 1.83 bits per heavy atom. The Hall–Kier alpha value is -0.120. The van der Waals surface area contributed by atoms with Crippen molar-refractivity contribution in [1.82, 2.24) is 4.90 Å². The highest BCUT2D eigenvalue weighted by Gasteiger charge is 2.07. The van der Waals surface area contributed by atoms with Crippen LogP contribution < -0.4 is 0 Å². The molecule has 0 amide bonds. The predicted molar refractivity (Wildman–Crippen MR) is 50.3 cm³/mol. The van der Waals surface area contributed by atoms with Crippen molar-refractivity contribution in [1.29, 1.82) is 0 Å². The monoisotopic (exact) mass is 175 g/mol. The smallest absolute Gasteiger partial charge is 0.0900 e. The first-order valence-electron chi connectivity index (χ1n) is 4.72. The lowest BCUT2D eigenvalue weighted by Crippen LogP contribution is -2.34. The molecular weight excluding hydrogens is 154 g/mol. The van der Waals surface area contributed by atoms with Crippen molar-refractivity contribution >= 4 is 0 Å². The second-order valence-corrected chi connectivity index (χ2v) is 2.80. The third-order valence-electron chi connectivity index (χ3n) is 1.88. The zero-order valence-corrected chi connectivity index (χ0v) is 8.42. The highest BCUT2D eigenvalue weighted by atomic mass is 16.5. The van der Waals surface area contributed by atoms with E-state index < -0.39 is 0 Å². The molecule has 0 rings (SSSR count). The summed E-state index contributed by atoms with van der Waals surface area (Å²) in [5, 5.41) is 9.45. The van der Waals surface area contributed by atoms with Gasteiger partial charge in [0.1, 0.15) is 0 Å². The molecule has 12 heavy (non-hydrogen) atoms. The average molecular weight is 175 g/mol. The van der Waals surface area contributed by atoms with Crippen LogP contribution in [0.2, 0.25) is 0 Å². The van der Waals surface area contributed by atoms with E-state index in [0.29, 0.717) is 19.8 Å². The largest absolute Gasteiger partial charge is 0.389 e. The van der Waals surface area contributed by atoms with E-state index in [4.69, 9.17) is 4.74 Å². The van der Waals surface area contributed by atoms with Crippen LogP contribution in [0.5, 0.6) is 0 Å². The summed E-state index contributed by atoms with van der Waals surface area (Å²) < 4.78 is 5.11. The maximum Gasteiger partial charge on any atom is 0.0900 e. The Kier molecular flexibility index (Phi) is 7.45. The molecule has 0 spiro atoms. The maximum atomic E-state index is 9.45. The summed E-state index contributed by atoms with van der Waals surface area (Å²) in [5.74, 6) is 0. The molecule has 0 bridgehead atoms. The number of nitrogens with zero attached hydrogens (tertiary/aromatic N) is 1. The topological polar surface area (TPSA) is 32.7 Å². The molecule has 0 saturated carbocycles. The van der Waals surface area contributed by atoms with Gasteiger partial charge in [0.25, 0.3) is 0 Å². The van der Waals surface area contributed by atoms with E-state index in [2.05, 4.69) is 18.7 Å². The molecule has 0 aliphatic rings. The number of likely N-dealkylation sites (N-methyl/N-ethyl adjacent to an activating group) is 1. The molecular formula is C9H21NO2. The van der Waals surface area contributed by atoms with E-state index in [9.17, 15) is 5.11 Å².